The van der Waals surface area contributed by atoms with Crippen molar-refractivity contribution in [3.8, 4) is 0 Å². The Morgan fingerprint density at radius 3 is 1.06 bits per heavy atom. The molecule has 0 rings (SSSR count). The first-order valence-corrected chi connectivity index (χ1v) is 27.0. The summed E-state index contributed by atoms with van der Waals surface area (Å²) in [6.07, 6.45) is 47.8. The summed E-state index contributed by atoms with van der Waals surface area (Å²) in [5.41, 5.74) is 0. The molecular weight excluding hydrogens is 781 g/mol. The predicted molar refractivity (Wildman–Crippen MR) is 270 cm³/mol. The third kappa shape index (κ3) is 50.5. The van der Waals surface area contributed by atoms with Crippen molar-refractivity contribution >= 4 is 17.9 Å². The molecule has 0 saturated carbocycles. The molecule has 0 aliphatic heterocycles. The van der Waals surface area contributed by atoms with Crippen LogP contribution in [0.3, 0.4) is 0 Å². The van der Waals surface area contributed by atoms with Crippen molar-refractivity contribution in [2.24, 2.45) is 0 Å². The van der Waals surface area contributed by atoms with Crippen LogP contribution in [0.25, 0.3) is 0 Å². The molecular formula is C57H104O6. The highest BCUT2D eigenvalue weighted by Gasteiger charge is 2.19. The number of ether oxygens (including phenoxy) is 3. The number of carbonyl (C=O) groups is 3. The standard InChI is InChI=1S/C57H104O6/c1-4-7-10-13-16-19-22-25-28-31-34-37-40-43-46-49-55(58)61-52-54(63-57(60)51-48-45-42-39-36-33-30-27-24-21-18-15-12-9-6-3)53-62-56(59)50-47-44-41-38-35-32-29-26-23-20-17-14-11-8-5-2/h25-30,54H,4-24,31-53H2,1-3H3/b28-25-,29-26-,30-27-/i22D2,25D,28D. The van der Waals surface area contributed by atoms with Gasteiger partial charge in [-0.1, -0.05) is 211 Å². The number of allylic oxidation sites excluding steroid dienone is 6. The Morgan fingerprint density at radius 1 is 0.381 bits per heavy atom. The number of unbranched alkanes of at least 4 members (excludes halogenated alkanes) is 30. The molecule has 0 aromatic heterocycles. The molecule has 1 atom stereocenters. The van der Waals surface area contributed by atoms with Gasteiger partial charge in [0.2, 0.25) is 0 Å². The fraction of sp³-hybridized carbons (Fsp3) is 0.842. The van der Waals surface area contributed by atoms with Crippen molar-refractivity contribution in [1.82, 2.24) is 0 Å². The molecule has 0 aliphatic rings. The smallest absolute Gasteiger partial charge is 0.306 e. The lowest BCUT2D eigenvalue weighted by molar-refractivity contribution is -0.167. The molecule has 0 heterocycles. The van der Waals surface area contributed by atoms with Gasteiger partial charge in [0.05, 0.1) is 2.74 Å². The highest BCUT2D eigenvalue weighted by Crippen LogP contribution is 2.15. The van der Waals surface area contributed by atoms with Gasteiger partial charge in [-0.15, -0.1) is 0 Å². The first kappa shape index (κ1) is 53.2. The summed E-state index contributed by atoms with van der Waals surface area (Å²) in [5, 5.41) is 0. The minimum Gasteiger partial charge on any atom is -0.462 e. The number of carbonyl (C=O) groups excluding carboxylic acids is 3. The van der Waals surface area contributed by atoms with E-state index in [1.165, 1.54) is 96.3 Å². The first-order valence-electron chi connectivity index (χ1n) is 29.0. The van der Waals surface area contributed by atoms with Gasteiger partial charge in [0.15, 0.2) is 6.10 Å². The Balaban J connectivity index is 4.61. The van der Waals surface area contributed by atoms with E-state index in [1.54, 1.807) is 0 Å². The van der Waals surface area contributed by atoms with Gasteiger partial charge < -0.3 is 14.2 Å². The van der Waals surface area contributed by atoms with Gasteiger partial charge in [0, 0.05) is 22.0 Å². The van der Waals surface area contributed by atoms with Crippen LogP contribution in [0, 0.1) is 0 Å². The average Bonchev–Trinajstić information content (AvgIpc) is 3.31. The van der Waals surface area contributed by atoms with Crippen LogP contribution in [0.4, 0.5) is 0 Å². The molecule has 0 bridgehead atoms. The molecule has 0 aromatic rings. The van der Waals surface area contributed by atoms with Gasteiger partial charge in [0.25, 0.3) is 0 Å². The van der Waals surface area contributed by atoms with Gasteiger partial charge in [-0.3, -0.25) is 14.4 Å². The number of rotatable bonds is 50. The van der Waals surface area contributed by atoms with Gasteiger partial charge in [-0.25, -0.2) is 0 Å². The van der Waals surface area contributed by atoms with Gasteiger partial charge in [-0.2, -0.15) is 0 Å². The van der Waals surface area contributed by atoms with Gasteiger partial charge in [0.1, 0.15) is 13.2 Å². The van der Waals surface area contributed by atoms with Gasteiger partial charge in [-0.05, 0) is 96.3 Å². The Labute approximate surface area is 397 Å². The van der Waals surface area contributed by atoms with Crippen LogP contribution < -0.4 is 0 Å². The highest BCUT2D eigenvalue weighted by molar-refractivity contribution is 5.71. The molecule has 368 valence electrons. The lowest BCUT2D eigenvalue weighted by Crippen LogP contribution is -2.30. The van der Waals surface area contributed by atoms with E-state index in [4.69, 9.17) is 19.7 Å². The van der Waals surface area contributed by atoms with Crippen LogP contribution in [0.5, 0.6) is 0 Å². The maximum atomic E-state index is 12.8. The molecule has 1 unspecified atom stereocenters. The zero-order valence-electron chi connectivity index (χ0n) is 45.7. The Kier molecular flexibility index (Phi) is 44.2. The largest absolute Gasteiger partial charge is 0.462 e. The van der Waals surface area contributed by atoms with E-state index in [9.17, 15) is 14.4 Å². The zero-order chi connectivity index (χ0) is 49.3. The topological polar surface area (TPSA) is 78.9 Å². The van der Waals surface area contributed by atoms with Crippen LogP contribution in [0.15, 0.2) is 36.4 Å². The lowest BCUT2D eigenvalue weighted by atomic mass is 10.1. The second-order valence-electron chi connectivity index (χ2n) is 18.1. The van der Waals surface area contributed by atoms with Crippen molar-refractivity contribution in [2.45, 2.75) is 297 Å². The highest BCUT2D eigenvalue weighted by atomic mass is 16.6. The van der Waals surface area contributed by atoms with E-state index in [-0.39, 0.29) is 56.1 Å². The van der Waals surface area contributed by atoms with Crippen LogP contribution in [-0.4, -0.2) is 37.2 Å². The minimum atomic E-state index is -1.75. The van der Waals surface area contributed by atoms with E-state index in [0.29, 0.717) is 32.1 Å². The summed E-state index contributed by atoms with van der Waals surface area (Å²) in [6.45, 7) is 6.36. The Hall–Kier alpha value is -2.37. The molecule has 0 radical (unpaired) electrons. The molecule has 0 aliphatic carbocycles. The van der Waals surface area contributed by atoms with E-state index >= 15 is 0 Å². The maximum absolute atomic E-state index is 12.8. The second-order valence-corrected chi connectivity index (χ2v) is 18.1. The molecule has 0 amide bonds. The fourth-order valence-corrected chi connectivity index (χ4v) is 7.57. The molecule has 6 nitrogen and oxygen atoms in total. The maximum Gasteiger partial charge on any atom is 0.306 e. The van der Waals surface area contributed by atoms with Crippen molar-refractivity contribution in [2.75, 3.05) is 13.2 Å². The summed E-state index contributed by atoms with van der Waals surface area (Å²) < 4.78 is 49.8. The average molecular weight is 889 g/mol. The van der Waals surface area contributed by atoms with Crippen LogP contribution >= 0.6 is 0 Å². The number of hydrogen-bond donors (Lipinski definition) is 0. The first-order chi connectivity index (χ1) is 32.6. The fourth-order valence-electron chi connectivity index (χ4n) is 7.57. The van der Waals surface area contributed by atoms with Crippen LogP contribution in [0.1, 0.15) is 296 Å². The van der Waals surface area contributed by atoms with E-state index in [1.807, 2.05) is 0 Å². The van der Waals surface area contributed by atoms with E-state index < -0.39 is 12.5 Å². The molecule has 0 spiro atoms. The molecule has 0 fully saturated rings. The summed E-state index contributed by atoms with van der Waals surface area (Å²) in [5.74, 6) is -1.08. The normalized spacial score (nSPS) is 13.7. The number of hydrogen-bond acceptors (Lipinski definition) is 6. The van der Waals surface area contributed by atoms with Gasteiger partial charge >= 0.3 is 17.9 Å². The van der Waals surface area contributed by atoms with Crippen molar-refractivity contribution in [1.29, 1.82) is 0 Å². The summed E-state index contributed by atoms with van der Waals surface area (Å²) in [6, 6.07) is -0.107. The molecule has 6 heteroatoms. The molecule has 0 saturated heterocycles. The van der Waals surface area contributed by atoms with Crippen LogP contribution in [-0.2, 0) is 28.6 Å². The monoisotopic (exact) mass is 889 g/mol. The molecule has 0 aromatic carbocycles. The van der Waals surface area contributed by atoms with Crippen molar-refractivity contribution < 1.29 is 34.1 Å². The van der Waals surface area contributed by atoms with E-state index in [0.717, 1.165) is 122 Å². The molecule has 63 heavy (non-hydrogen) atoms. The predicted octanol–water partition coefficient (Wildman–Crippen LogP) is 18.1. The molecule has 0 N–H and O–H groups in total. The number of esters is 3. The van der Waals surface area contributed by atoms with E-state index in [2.05, 4.69) is 45.1 Å². The quantitative estimate of drug-likeness (QED) is 0.0262. The van der Waals surface area contributed by atoms with Crippen LogP contribution in [0.2, 0.25) is 0 Å². The zero-order valence-corrected chi connectivity index (χ0v) is 41.7. The second kappa shape index (κ2) is 52.3. The summed E-state index contributed by atoms with van der Waals surface area (Å²) in [4.78, 5) is 38.2. The lowest BCUT2D eigenvalue weighted by Gasteiger charge is -2.18. The Bertz CT molecular complexity index is 1250. The van der Waals surface area contributed by atoms with Crippen molar-refractivity contribution in [3.05, 3.63) is 36.4 Å². The summed E-state index contributed by atoms with van der Waals surface area (Å²) >= 11 is 0. The Morgan fingerprint density at radius 2 is 0.683 bits per heavy atom. The van der Waals surface area contributed by atoms with Crippen molar-refractivity contribution in [3.63, 3.8) is 0 Å². The SMILES string of the molecule is [2H]/C(CCCCCCCC(=O)OCC(COC(=O)CCCCCCC/C=C\CCCCCCCC)OC(=O)CCCCCCC/C=C\CCCCCCCC)=C(\[2H])C([2H])([2H])CCCCCCC. The summed E-state index contributed by atoms with van der Waals surface area (Å²) in [7, 11) is 0. The third-order valence-electron chi connectivity index (χ3n) is 11.7. The third-order valence-corrected chi connectivity index (χ3v) is 11.7. The minimum absolute atomic E-state index is 0.0822.